The fourth-order valence-corrected chi connectivity index (χ4v) is 1.61. The molecule has 0 saturated carbocycles. The third-order valence-electron chi connectivity index (χ3n) is 2.79. The van der Waals surface area contributed by atoms with Crippen LogP contribution in [0.15, 0.2) is 24.3 Å². The number of ether oxygens (including phenoxy) is 3. The van der Waals surface area contributed by atoms with Gasteiger partial charge in [-0.25, -0.2) is 4.79 Å². The number of likely N-dealkylation sites (N-methyl/N-ethyl adjacent to an activating group) is 1. The standard InChI is InChI=1S/C15H21NO6/c1-16(14(17)10-21-8-7-20-2)9-12-3-5-13(6-4-12)22-11-15(18)19/h3-6H,7-11H2,1-2H3,(H,18,19). The van der Waals surface area contributed by atoms with E-state index in [9.17, 15) is 9.59 Å². The van der Waals surface area contributed by atoms with Crippen LogP contribution in [0.3, 0.4) is 0 Å². The normalized spacial score (nSPS) is 10.3. The Hall–Kier alpha value is -2.12. The lowest BCUT2D eigenvalue weighted by atomic mass is 10.2. The third kappa shape index (κ3) is 7.05. The van der Waals surface area contributed by atoms with Crippen LogP contribution in [0, 0.1) is 0 Å². The fourth-order valence-electron chi connectivity index (χ4n) is 1.61. The second-order valence-electron chi connectivity index (χ2n) is 4.62. The van der Waals surface area contributed by atoms with Crippen LogP contribution in [0.4, 0.5) is 0 Å². The first-order valence-corrected chi connectivity index (χ1v) is 6.77. The molecule has 0 radical (unpaired) electrons. The van der Waals surface area contributed by atoms with Crippen LogP contribution in [0.2, 0.25) is 0 Å². The topological polar surface area (TPSA) is 85.3 Å². The molecule has 0 saturated heterocycles. The molecular weight excluding hydrogens is 290 g/mol. The highest BCUT2D eigenvalue weighted by Gasteiger charge is 2.09. The van der Waals surface area contributed by atoms with Crippen molar-refractivity contribution in [2.24, 2.45) is 0 Å². The molecule has 0 aliphatic rings. The van der Waals surface area contributed by atoms with E-state index in [1.54, 1.807) is 43.3 Å². The molecule has 0 bridgehead atoms. The molecule has 0 atom stereocenters. The maximum Gasteiger partial charge on any atom is 0.341 e. The van der Waals surface area contributed by atoms with Crippen molar-refractivity contribution in [3.63, 3.8) is 0 Å². The molecule has 0 fully saturated rings. The van der Waals surface area contributed by atoms with E-state index in [0.29, 0.717) is 25.5 Å². The minimum absolute atomic E-state index is 0.0136. The smallest absolute Gasteiger partial charge is 0.341 e. The average molecular weight is 311 g/mol. The summed E-state index contributed by atoms with van der Waals surface area (Å²) in [6.45, 7) is 0.905. The Morgan fingerprint density at radius 3 is 2.41 bits per heavy atom. The molecule has 7 heteroatoms. The van der Waals surface area contributed by atoms with E-state index in [-0.39, 0.29) is 19.1 Å². The molecule has 0 aliphatic heterocycles. The van der Waals surface area contributed by atoms with E-state index in [2.05, 4.69) is 0 Å². The number of carbonyl (C=O) groups is 2. The molecule has 0 aliphatic carbocycles. The van der Waals surface area contributed by atoms with Gasteiger partial charge in [0, 0.05) is 20.7 Å². The second kappa shape index (κ2) is 9.75. The summed E-state index contributed by atoms with van der Waals surface area (Å²) in [7, 11) is 3.26. The quantitative estimate of drug-likeness (QED) is 0.643. The number of rotatable bonds is 10. The number of carbonyl (C=O) groups excluding carboxylic acids is 1. The summed E-state index contributed by atoms with van der Waals surface area (Å²) in [6.07, 6.45) is 0. The predicted octanol–water partition coefficient (Wildman–Crippen LogP) is 0.771. The molecule has 1 amide bonds. The first-order valence-electron chi connectivity index (χ1n) is 6.77. The molecule has 1 rings (SSSR count). The lowest BCUT2D eigenvalue weighted by molar-refractivity contribution is -0.139. The molecular formula is C15H21NO6. The predicted molar refractivity (Wildman–Crippen MR) is 78.7 cm³/mol. The summed E-state index contributed by atoms with van der Waals surface area (Å²) < 4.78 is 15.0. The summed E-state index contributed by atoms with van der Waals surface area (Å²) in [6, 6.07) is 6.91. The molecule has 0 unspecified atom stereocenters. The van der Waals surface area contributed by atoms with Crippen molar-refractivity contribution in [1.29, 1.82) is 0 Å². The van der Waals surface area contributed by atoms with Crippen molar-refractivity contribution < 1.29 is 28.9 Å². The number of nitrogens with zero attached hydrogens (tertiary/aromatic N) is 1. The Bertz CT molecular complexity index is 473. The van der Waals surface area contributed by atoms with Gasteiger partial charge in [0.05, 0.1) is 13.2 Å². The van der Waals surface area contributed by atoms with Gasteiger partial charge >= 0.3 is 5.97 Å². The van der Waals surface area contributed by atoms with Crippen molar-refractivity contribution in [2.45, 2.75) is 6.54 Å². The number of hydrogen-bond donors (Lipinski definition) is 1. The van der Waals surface area contributed by atoms with E-state index in [0.717, 1.165) is 5.56 Å². The Kier molecular flexibility index (Phi) is 7.95. The van der Waals surface area contributed by atoms with Crippen molar-refractivity contribution >= 4 is 11.9 Å². The van der Waals surface area contributed by atoms with Crippen molar-refractivity contribution in [3.05, 3.63) is 29.8 Å². The van der Waals surface area contributed by atoms with Gasteiger partial charge in [-0.05, 0) is 17.7 Å². The van der Waals surface area contributed by atoms with E-state index in [1.165, 1.54) is 0 Å². The maximum absolute atomic E-state index is 11.8. The van der Waals surface area contributed by atoms with Gasteiger partial charge in [-0.1, -0.05) is 12.1 Å². The van der Waals surface area contributed by atoms with Crippen molar-refractivity contribution in [2.75, 3.05) is 40.6 Å². The molecule has 7 nitrogen and oxygen atoms in total. The number of carboxylic acid groups (broad SMARTS) is 1. The minimum atomic E-state index is -1.03. The maximum atomic E-state index is 11.8. The van der Waals surface area contributed by atoms with Crippen LogP contribution < -0.4 is 4.74 Å². The van der Waals surface area contributed by atoms with Crippen LogP contribution in [0.5, 0.6) is 5.75 Å². The van der Waals surface area contributed by atoms with Gasteiger partial charge < -0.3 is 24.2 Å². The van der Waals surface area contributed by atoms with Crippen LogP contribution >= 0.6 is 0 Å². The minimum Gasteiger partial charge on any atom is -0.482 e. The zero-order valence-electron chi connectivity index (χ0n) is 12.8. The monoisotopic (exact) mass is 311 g/mol. The number of hydrogen-bond acceptors (Lipinski definition) is 5. The first kappa shape index (κ1) is 17.9. The Labute approximate surface area is 129 Å². The molecule has 0 heterocycles. The average Bonchev–Trinajstić information content (AvgIpc) is 2.50. The van der Waals surface area contributed by atoms with Gasteiger partial charge in [-0.2, -0.15) is 0 Å². The van der Waals surface area contributed by atoms with Crippen LogP contribution in [-0.4, -0.2) is 62.5 Å². The second-order valence-corrected chi connectivity index (χ2v) is 4.62. The zero-order valence-corrected chi connectivity index (χ0v) is 12.8. The summed E-state index contributed by atoms with van der Waals surface area (Å²) in [5.74, 6) is -0.673. The molecule has 122 valence electrons. The van der Waals surface area contributed by atoms with Gasteiger partial charge in [0.15, 0.2) is 6.61 Å². The van der Waals surface area contributed by atoms with Crippen LogP contribution in [-0.2, 0) is 25.6 Å². The van der Waals surface area contributed by atoms with Gasteiger partial charge in [-0.3, -0.25) is 4.79 Å². The fraction of sp³-hybridized carbons (Fsp3) is 0.467. The zero-order chi connectivity index (χ0) is 16.4. The van der Waals surface area contributed by atoms with Gasteiger partial charge in [-0.15, -0.1) is 0 Å². The highest BCUT2D eigenvalue weighted by Crippen LogP contribution is 2.13. The largest absolute Gasteiger partial charge is 0.482 e. The Morgan fingerprint density at radius 2 is 1.82 bits per heavy atom. The van der Waals surface area contributed by atoms with E-state index in [4.69, 9.17) is 19.3 Å². The highest BCUT2D eigenvalue weighted by atomic mass is 16.5. The van der Waals surface area contributed by atoms with Crippen LogP contribution in [0.1, 0.15) is 5.56 Å². The molecule has 1 aromatic carbocycles. The summed E-state index contributed by atoms with van der Waals surface area (Å²) >= 11 is 0. The highest BCUT2D eigenvalue weighted by molar-refractivity contribution is 5.77. The number of methoxy groups -OCH3 is 1. The molecule has 0 spiro atoms. The molecule has 0 aromatic heterocycles. The van der Waals surface area contributed by atoms with Gasteiger partial charge in [0.1, 0.15) is 12.4 Å². The first-order chi connectivity index (χ1) is 10.5. The number of aliphatic carboxylic acids is 1. The summed E-state index contributed by atoms with van der Waals surface area (Å²) in [4.78, 5) is 23.8. The van der Waals surface area contributed by atoms with E-state index in [1.807, 2.05) is 0 Å². The Morgan fingerprint density at radius 1 is 1.14 bits per heavy atom. The summed E-state index contributed by atoms with van der Waals surface area (Å²) in [5.41, 5.74) is 0.912. The van der Waals surface area contributed by atoms with Crippen molar-refractivity contribution in [3.8, 4) is 5.75 Å². The van der Waals surface area contributed by atoms with E-state index >= 15 is 0 Å². The van der Waals surface area contributed by atoms with Gasteiger partial charge in [0.25, 0.3) is 0 Å². The number of amides is 1. The summed E-state index contributed by atoms with van der Waals surface area (Å²) in [5, 5.41) is 8.53. The molecule has 1 aromatic rings. The third-order valence-corrected chi connectivity index (χ3v) is 2.79. The SMILES string of the molecule is COCCOCC(=O)N(C)Cc1ccc(OCC(=O)O)cc1. The Balaban J connectivity index is 2.38. The lowest BCUT2D eigenvalue weighted by Crippen LogP contribution is -2.30. The molecule has 22 heavy (non-hydrogen) atoms. The number of benzene rings is 1. The van der Waals surface area contributed by atoms with Crippen molar-refractivity contribution in [1.82, 2.24) is 4.90 Å². The number of carboxylic acids is 1. The van der Waals surface area contributed by atoms with Crippen LogP contribution in [0.25, 0.3) is 0 Å². The van der Waals surface area contributed by atoms with Gasteiger partial charge in [0.2, 0.25) is 5.91 Å². The lowest BCUT2D eigenvalue weighted by Gasteiger charge is -2.17. The van der Waals surface area contributed by atoms with E-state index < -0.39 is 5.97 Å². The molecule has 1 N–H and O–H groups in total.